The summed E-state index contributed by atoms with van der Waals surface area (Å²) in [5.74, 6) is 0.327. The first-order valence-corrected chi connectivity index (χ1v) is 28.9. The number of piperidine rings is 1. The Morgan fingerprint density at radius 3 is 1.62 bits per heavy atom. The maximum atomic E-state index is 13.1. The van der Waals surface area contributed by atoms with E-state index in [1.807, 2.05) is 80.3 Å². The number of amides is 2. The van der Waals surface area contributed by atoms with Crippen LogP contribution in [0.4, 0.5) is 36.0 Å². The zero-order valence-electron chi connectivity index (χ0n) is 45.8. The quantitative estimate of drug-likeness (QED) is 0.0618. The average Bonchev–Trinajstić information content (AvgIpc) is 4.30. The van der Waals surface area contributed by atoms with Gasteiger partial charge < -0.3 is 54.1 Å². The number of hydrogen-bond acceptors (Lipinski definition) is 20. The smallest absolute Gasteiger partial charge is 0.412 e. The Morgan fingerprint density at radius 2 is 1.11 bits per heavy atom. The molecule has 10 rings (SSSR count). The van der Waals surface area contributed by atoms with Crippen LogP contribution in [0.15, 0.2) is 101 Å². The Morgan fingerprint density at radius 1 is 0.625 bits per heavy atom. The zero-order chi connectivity index (χ0) is 57.0. The predicted octanol–water partition coefficient (Wildman–Crippen LogP) is 10.9. The summed E-state index contributed by atoms with van der Waals surface area (Å²) in [5, 5.41) is 19.0. The van der Waals surface area contributed by atoms with Crippen molar-refractivity contribution in [2.75, 3.05) is 91.2 Å². The van der Waals surface area contributed by atoms with Crippen LogP contribution in [0.3, 0.4) is 0 Å². The molecule has 3 fully saturated rings. The Bertz CT molecular complexity index is 3190. The SMILES string of the molecule is CC(C)(C)OC(=O)N1CCN(c2cnc(C(=O)O)s2)CC1.CC(C)(C)OC(=O)Nc1ccc(-c2ccco2)cc1CC(=O)c1ncc(N2CCCCC2)s1.Nc1ccc(-c2ccco2)cc1CC(=O)c1ncc(N2CCNCC2)s1. The van der Waals surface area contributed by atoms with Gasteiger partial charge in [0.1, 0.15) is 37.7 Å². The number of ether oxygens (including phenoxy) is 2. The van der Waals surface area contributed by atoms with E-state index >= 15 is 0 Å². The molecule has 3 aliphatic heterocycles. The van der Waals surface area contributed by atoms with Gasteiger partial charge in [-0.25, -0.2) is 29.3 Å². The second kappa shape index (κ2) is 26.6. The number of aromatic carboxylic acids is 1. The molecule has 0 aliphatic carbocycles. The molecule has 0 bridgehead atoms. The summed E-state index contributed by atoms with van der Waals surface area (Å²) in [4.78, 5) is 81.8. The first-order valence-electron chi connectivity index (χ1n) is 26.4. The minimum atomic E-state index is -1.02. The van der Waals surface area contributed by atoms with E-state index in [-0.39, 0.29) is 35.5 Å². The van der Waals surface area contributed by atoms with Crippen molar-refractivity contribution in [1.29, 1.82) is 0 Å². The lowest BCUT2D eigenvalue weighted by molar-refractivity contribution is 0.0240. The number of nitrogens with zero attached hydrogens (tertiary/aromatic N) is 7. The highest BCUT2D eigenvalue weighted by atomic mass is 32.1. The third-order valence-electron chi connectivity index (χ3n) is 12.7. The molecule has 424 valence electrons. The van der Waals surface area contributed by atoms with Gasteiger partial charge in [-0.3, -0.25) is 14.9 Å². The molecule has 3 saturated heterocycles. The number of carbonyl (C=O) groups excluding carboxylic acids is 4. The molecule has 0 saturated carbocycles. The topological polar surface area (TPSA) is 252 Å². The van der Waals surface area contributed by atoms with E-state index in [1.165, 1.54) is 41.9 Å². The van der Waals surface area contributed by atoms with Crippen LogP contribution >= 0.6 is 34.0 Å². The number of piperazine rings is 2. The molecule has 0 spiro atoms. The summed E-state index contributed by atoms with van der Waals surface area (Å²) in [5.41, 5.74) is 9.29. The molecule has 0 unspecified atom stereocenters. The van der Waals surface area contributed by atoms with Gasteiger partial charge in [-0.2, -0.15) is 0 Å². The monoisotopic (exact) mass is 1150 g/mol. The maximum Gasteiger partial charge on any atom is 0.412 e. The number of benzene rings is 2. The van der Waals surface area contributed by atoms with Crippen molar-refractivity contribution in [3.05, 3.63) is 118 Å². The minimum absolute atomic E-state index is 0.0142. The van der Waals surface area contributed by atoms with Gasteiger partial charge >= 0.3 is 18.2 Å². The Hall–Kier alpha value is -7.60. The van der Waals surface area contributed by atoms with Crippen LogP contribution in [0.2, 0.25) is 0 Å². The molecule has 5 aromatic heterocycles. The van der Waals surface area contributed by atoms with E-state index in [1.54, 1.807) is 62.9 Å². The number of nitrogens with two attached hydrogens (primary N) is 1. The Balaban J connectivity index is 0.000000162. The third kappa shape index (κ3) is 16.5. The van der Waals surface area contributed by atoms with Crippen LogP contribution in [-0.2, 0) is 22.3 Å². The minimum Gasteiger partial charge on any atom is -0.476 e. The van der Waals surface area contributed by atoms with Gasteiger partial charge in [-0.1, -0.05) is 34.0 Å². The van der Waals surface area contributed by atoms with Crippen molar-refractivity contribution in [3.8, 4) is 22.6 Å². The van der Waals surface area contributed by atoms with E-state index < -0.39 is 23.3 Å². The number of hydrogen-bond donors (Lipinski definition) is 4. The standard InChI is InChI=1S/C25H29N3O4S.C19H20N4O2S.C13H19N3O4S/c1-25(2,3)32-24(30)27-19-10-9-17(21-8-7-13-31-21)14-18(19)15-20(29)23-26-16-22(33-23)28-11-5-4-6-12-28;20-15-4-3-13(17-2-1-9-25-17)10-14(15)11-16(24)19-22-12-18(26-19)23-7-5-21-6-8-23;1-13(2,3)20-12(19)16-6-4-15(5-7-16)9-8-14-10(21-9)11(17)18/h7-10,13-14,16H,4-6,11-12,15H2,1-3H3,(H,27,30);1-4,9-10,12,21H,5-8,11,20H2;8H,4-7H2,1-3H3,(H,17,18). The van der Waals surface area contributed by atoms with Crippen LogP contribution in [0.25, 0.3) is 22.6 Å². The van der Waals surface area contributed by atoms with E-state index in [2.05, 4.69) is 35.4 Å². The van der Waals surface area contributed by atoms with Gasteiger partial charge in [0, 0.05) is 101 Å². The highest BCUT2D eigenvalue weighted by molar-refractivity contribution is 7.18. The van der Waals surface area contributed by atoms with Crippen LogP contribution in [-0.4, -0.2) is 131 Å². The summed E-state index contributed by atoms with van der Waals surface area (Å²) in [6.45, 7) is 19.1. The van der Waals surface area contributed by atoms with Gasteiger partial charge in [0.15, 0.2) is 21.6 Å². The van der Waals surface area contributed by atoms with Gasteiger partial charge in [0.05, 0.1) is 31.1 Å². The highest BCUT2D eigenvalue weighted by Crippen LogP contribution is 2.32. The average molecular weight is 1150 g/mol. The number of nitrogen functional groups attached to an aromatic ring is 1. The molecular formula is C57H68N10O10S3. The fraction of sp³-hybridized carbons (Fsp3) is 0.404. The predicted molar refractivity (Wildman–Crippen MR) is 313 cm³/mol. The molecule has 20 nitrogen and oxygen atoms in total. The lowest BCUT2D eigenvalue weighted by atomic mass is 10.0. The number of nitrogens with one attached hydrogen (secondary N) is 2. The number of carboxylic acids is 1. The van der Waals surface area contributed by atoms with E-state index in [0.29, 0.717) is 58.9 Å². The van der Waals surface area contributed by atoms with Crippen LogP contribution in [0.1, 0.15) is 101 Å². The van der Waals surface area contributed by atoms with Crippen LogP contribution in [0, 0.1) is 0 Å². The van der Waals surface area contributed by atoms with E-state index in [4.69, 9.17) is 29.1 Å². The number of ketones is 2. The number of carbonyl (C=O) groups is 5. The molecule has 80 heavy (non-hydrogen) atoms. The number of carboxylic acid groups (broad SMARTS) is 1. The molecule has 0 atom stereocenters. The van der Waals surface area contributed by atoms with Gasteiger partial charge in [0.2, 0.25) is 5.01 Å². The zero-order valence-corrected chi connectivity index (χ0v) is 48.3. The lowest BCUT2D eigenvalue weighted by Crippen LogP contribution is -2.49. The number of thiazole rings is 3. The van der Waals surface area contributed by atoms with Crippen molar-refractivity contribution in [3.63, 3.8) is 0 Å². The summed E-state index contributed by atoms with van der Waals surface area (Å²) in [7, 11) is 0. The first-order chi connectivity index (χ1) is 38.2. The van der Waals surface area contributed by atoms with Gasteiger partial charge in [-0.15, -0.1) is 0 Å². The number of rotatable bonds is 13. The molecule has 2 aromatic carbocycles. The number of anilines is 5. The van der Waals surface area contributed by atoms with Crippen LogP contribution < -0.4 is 31.1 Å². The van der Waals surface area contributed by atoms with E-state index in [0.717, 1.165) is 88.1 Å². The largest absolute Gasteiger partial charge is 0.476 e. The second-order valence-electron chi connectivity index (χ2n) is 21.1. The number of furan rings is 2. The van der Waals surface area contributed by atoms with Crippen molar-refractivity contribution in [2.24, 2.45) is 0 Å². The number of aromatic nitrogens is 3. The summed E-state index contributed by atoms with van der Waals surface area (Å²) < 4.78 is 21.7. The van der Waals surface area contributed by atoms with Crippen molar-refractivity contribution >= 4 is 90.1 Å². The highest BCUT2D eigenvalue weighted by Gasteiger charge is 2.28. The molecule has 2 amide bonds. The van der Waals surface area contributed by atoms with Crippen molar-refractivity contribution in [2.45, 2.75) is 84.8 Å². The Labute approximate surface area is 476 Å². The number of Topliss-reactive ketones (excluding diaryl/α,β-unsaturated/α-hetero) is 2. The fourth-order valence-corrected chi connectivity index (χ4v) is 11.4. The van der Waals surface area contributed by atoms with Gasteiger partial charge in [-0.05, 0) is 133 Å². The van der Waals surface area contributed by atoms with Crippen molar-refractivity contribution < 1.29 is 47.4 Å². The van der Waals surface area contributed by atoms with Crippen LogP contribution in [0.5, 0.6) is 0 Å². The first kappa shape index (κ1) is 58.5. The molecule has 23 heteroatoms. The lowest BCUT2D eigenvalue weighted by Gasteiger charge is -2.35. The summed E-state index contributed by atoms with van der Waals surface area (Å²) in [6.07, 6.45) is 11.4. The fourth-order valence-electron chi connectivity index (χ4n) is 8.75. The molecule has 3 aliphatic rings. The molecule has 0 radical (unpaired) electrons. The second-order valence-corrected chi connectivity index (χ2v) is 24.1. The molecule has 8 heterocycles. The Kier molecular flexibility index (Phi) is 19.4. The molecule has 5 N–H and O–H groups in total. The molecular weight excluding hydrogens is 1080 g/mol. The maximum absolute atomic E-state index is 13.1. The van der Waals surface area contributed by atoms with E-state index in [9.17, 15) is 24.0 Å². The third-order valence-corrected chi connectivity index (χ3v) is 15.9. The summed E-state index contributed by atoms with van der Waals surface area (Å²) >= 11 is 4.03. The van der Waals surface area contributed by atoms with Gasteiger partial charge in [0.25, 0.3) is 0 Å². The molecule has 7 aromatic rings. The normalized spacial score (nSPS) is 14.8. The summed E-state index contributed by atoms with van der Waals surface area (Å²) in [6, 6.07) is 18.5. The van der Waals surface area contributed by atoms with Crippen molar-refractivity contribution in [1.82, 2.24) is 25.2 Å².